The van der Waals surface area contributed by atoms with Crippen LogP contribution < -0.4 is 5.32 Å². The fourth-order valence-corrected chi connectivity index (χ4v) is 3.24. The predicted molar refractivity (Wildman–Crippen MR) is 89.1 cm³/mol. The van der Waals surface area contributed by atoms with Crippen molar-refractivity contribution in [3.05, 3.63) is 0 Å². The fourth-order valence-electron chi connectivity index (χ4n) is 3.24. The molecule has 2 fully saturated rings. The lowest BCUT2D eigenvalue weighted by Gasteiger charge is -2.38. The summed E-state index contributed by atoms with van der Waals surface area (Å²) >= 11 is 0. The summed E-state index contributed by atoms with van der Waals surface area (Å²) in [5.41, 5.74) is -0.221. The molecule has 128 valence electrons. The number of nitrogens with one attached hydrogen (secondary N) is 1. The standard InChI is InChI=1S/C17H33N3O2/c1-15-6-10-19(11-7-15)9-5-4-8-18-16(21)20-12-13-22-17(2,3)14-20/h15H,4-14H2,1-3H3,(H,18,21). The van der Waals surface area contributed by atoms with E-state index in [9.17, 15) is 4.79 Å². The number of amides is 2. The van der Waals surface area contributed by atoms with Crippen LogP contribution in [0.3, 0.4) is 0 Å². The van der Waals surface area contributed by atoms with Crippen molar-refractivity contribution in [2.45, 2.75) is 52.1 Å². The maximum atomic E-state index is 12.1. The molecule has 0 unspecified atom stereocenters. The lowest BCUT2D eigenvalue weighted by molar-refractivity contribution is -0.0733. The van der Waals surface area contributed by atoms with Crippen molar-refractivity contribution in [2.24, 2.45) is 5.92 Å². The Kier molecular flexibility index (Phi) is 6.50. The lowest BCUT2D eigenvalue weighted by atomic mass is 9.99. The molecule has 0 aromatic carbocycles. The highest BCUT2D eigenvalue weighted by molar-refractivity contribution is 5.74. The zero-order chi connectivity index (χ0) is 16.0. The molecule has 0 aromatic heterocycles. The molecule has 2 amide bonds. The summed E-state index contributed by atoms with van der Waals surface area (Å²) < 4.78 is 5.64. The minimum Gasteiger partial charge on any atom is -0.372 e. The van der Waals surface area contributed by atoms with Gasteiger partial charge in [0.15, 0.2) is 0 Å². The van der Waals surface area contributed by atoms with Crippen LogP contribution in [0.2, 0.25) is 0 Å². The quantitative estimate of drug-likeness (QED) is 0.793. The molecule has 0 atom stereocenters. The average Bonchev–Trinajstić information content (AvgIpc) is 2.47. The maximum absolute atomic E-state index is 12.1. The van der Waals surface area contributed by atoms with E-state index in [1.165, 1.54) is 38.9 Å². The molecule has 0 aliphatic carbocycles. The van der Waals surface area contributed by atoms with E-state index in [0.717, 1.165) is 18.9 Å². The van der Waals surface area contributed by atoms with E-state index in [0.29, 0.717) is 19.7 Å². The molecule has 0 radical (unpaired) electrons. The molecule has 0 bridgehead atoms. The molecule has 0 saturated carbocycles. The normalized spacial score (nSPS) is 23.5. The Morgan fingerprint density at radius 2 is 1.95 bits per heavy atom. The van der Waals surface area contributed by atoms with Crippen molar-refractivity contribution in [2.75, 3.05) is 45.9 Å². The van der Waals surface area contributed by atoms with Crippen molar-refractivity contribution in [3.8, 4) is 0 Å². The van der Waals surface area contributed by atoms with Crippen LogP contribution in [0, 0.1) is 5.92 Å². The summed E-state index contributed by atoms with van der Waals surface area (Å²) in [6.45, 7) is 12.9. The molecule has 2 rings (SSSR count). The highest BCUT2D eigenvalue weighted by Gasteiger charge is 2.29. The number of unbranched alkanes of at least 4 members (excludes halogenated alkanes) is 1. The van der Waals surface area contributed by atoms with Gasteiger partial charge in [0, 0.05) is 13.1 Å². The topological polar surface area (TPSA) is 44.8 Å². The number of carbonyl (C=O) groups excluding carboxylic acids is 1. The largest absolute Gasteiger partial charge is 0.372 e. The molecule has 2 saturated heterocycles. The molecular formula is C17H33N3O2. The third kappa shape index (κ3) is 5.76. The van der Waals surface area contributed by atoms with Gasteiger partial charge in [-0.1, -0.05) is 6.92 Å². The van der Waals surface area contributed by atoms with Gasteiger partial charge in [0.2, 0.25) is 0 Å². The third-order valence-corrected chi connectivity index (χ3v) is 4.77. The van der Waals surface area contributed by atoms with E-state index in [-0.39, 0.29) is 11.6 Å². The van der Waals surface area contributed by atoms with Crippen molar-refractivity contribution in [1.82, 2.24) is 15.1 Å². The molecule has 2 aliphatic rings. The summed E-state index contributed by atoms with van der Waals surface area (Å²) in [5.74, 6) is 0.897. The van der Waals surface area contributed by atoms with Crippen LogP contribution in [-0.2, 0) is 4.74 Å². The van der Waals surface area contributed by atoms with Gasteiger partial charge < -0.3 is 19.9 Å². The minimum atomic E-state index is -0.221. The molecular weight excluding hydrogens is 278 g/mol. The van der Waals surface area contributed by atoms with E-state index in [4.69, 9.17) is 4.74 Å². The first kappa shape index (κ1) is 17.5. The first-order chi connectivity index (χ1) is 10.5. The summed E-state index contributed by atoms with van der Waals surface area (Å²) in [6.07, 6.45) is 4.90. The van der Waals surface area contributed by atoms with Gasteiger partial charge in [-0.2, -0.15) is 0 Å². The van der Waals surface area contributed by atoms with E-state index in [2.05, 4.69) is 17.1 Å². The monoisotopic (exact) mass is 311 g/mol. The van der Waals surface area contributed by atoms with Crippen LogP contribution >= 0.6 is 0 Å². The van der Waals surface area contributed by atoms with Crippen LogP contribution in [-0.4, -0.2) is 67.3 Å². The van der Waals surface area contributed by atoms with Crippen LogP contribution in [0.25, 0.3) is 0 Å². The molecule has 2 heterocycles. The van der Waals surface area contributed by atoms with E-state index < -0.39 is 0 Å². The number of carbonyl (C=O) groups is 1. The Hall–Kier alpha value is -0.810. The van der Waals surface area contributed by atoms with Crippen molar-refractivity contribution >= 4 is 6.03 Å². The summed E-state index contributed by atoms with van der Waals surface area (Å²) in [5, 5.41) is 3.05. The maximum Gasteiger partial charge on any atom is 0.317 e. The Morgan fingerprint density at radius 1 is 1.23 bits per heavy atom. The van der Waals surface area contributed by atoms with E-state index >= 15 is 0 Å². The van der Waals surface area contributed by atoms with Crippen molar-refractivity contribution < 1.29 is 9.53 Å². The number of hydrogen-bond acceptors (Lipinski definition) is 3. The Balaban J connectivity index is 1.54. The third-order valence-electron chi connectivity index (χ3n) is 4.77. The summed E-state index contributed by atoms with van der Waals surface area (Å²) in [4.78, 5) is 16.6. The highest BCUT2D eigenvalue weighted by atomic mass is 16.5. The van der Waals surface area contributed by atoms with Crippen LogP contribution in [0.4, 0.5) is 4.79 Å². The number of urea groups is 1. The van der Waals surface area contributed by atoms with Crippen molar-refractivity contribution in [3.63, 3.8) is 0 Å². The van der Waals surface area contributed by atoms with Gasteiger partial charge >= 0.3 is 6.03 Å². The lowest BCUT2D eigenvalue weighted by Crippen LogP contribution is -2.53. The molecule has 5 heteroatoms. The smallest absolute Gasteiger partial charge is 0.317 e. The van der Waals surface area contributed by atoms with Gasteiger partial charge in [0.05, 0.1) is 18.8 Å². The predicted octanol–water partition coefficient (Wildman–Crippen LogP) is 2.32. The zero-order valence-corrected chi connectivity index (χ0v) is 14.6. The zero-order valence-electron chi connectivity index (χ0n) is 14.6. The second-order valence-electron chi connectivity index (χ2n) is 7.49. The van der Waals surface area contributed by atoms with Gasteiger partial charge in [0.25, 0.3) is 0 Å². The summed E-state index contributed by atoms with van der Waals surface area (Å²) in [6, 6.07) is 0.0585. The minimum absolute atomic E-state index is 0.0585. The van der Waals surface area contributed by atoms with Crippen LogP contribution in [0.15, 0.2) is 0 Å². The second-order valence-corrected chi connectivity index (χ2v) is 7.49. The average molecular weight is 311 g/mol. The second kappa shape index (κ2) is 8.16. The first-order valence-corrected chi connectivity index (χ1v) is 8.85. The molecule has 2 aliphatic heterocycles. The Labute approximate surface area is 135 Å². The van der Waals surface area contributed by atoms with Gasteiger partial charge in [0.1, 0.15) is 0 Å². The summed E-state index contributed by atoms with van der Waals surface area (Å²) in [7, 11) is 0. The van der Waals surface area contributed by atoms with Gasteiger partial charge in [-0.25, -0.2) is 4.79 Å². The molecule has 1 N–H and O–H groups in total. The number of likely N-dealkylation sites (tertiary alicyclic amines) is 1. The Bertz CT molecular complexity index is 352. The molecule has 22 heavy (non-hydrogen) atoms. The molecule has 5 nitrogen and oxygen atoms in total. The van der Waals surface area contributed by atoms with Crippen LogP contribution in [0.1, 0.15) is 46.5 Å². The van der Waals surface area contributed by atoms with Gasteiger partial charge in [-0.3, -0.25) is 0 Å². The van der Waals surface area contributed by atoms with Crippen molar-refractivity contribution in [1.29, 1.82) is 0 Å². The van der Waals surface area contributed by atoms with E-state index in [1.807, 2.05) is 18.7 Å². The molecule has 0 spiro atoms. The number of piperidine rings is 1. The van der Waals surface area contributed by atoms with Gasteiger partial charge in [-0.15, -0.1) is 0 Å². The van der Waals surface area contributed by atoms with Gasteiger partial charge in [-0.05, 0) is 65.1 Å². The molecule has 0 aromatic rings. The number of nitrogens with zero attached hydrogens (tertiary/aromatic N) is 2. The van der Waals surface area contributed by atoms with E-state index in [1.54, 1.807) is 0 Å². The number of hydrogen-bond donors (Lipinski definition) is 1. The van der Waals surface area contributed by atoms with Crippen LogP contribution in [0.5, 0.6) is 0 Å². The number of morpholine rings is 1. The number of ether oxygens (including phenoxy) is 1. The number of rotatable bonds is 5. The highest BCUT2D eigenvalue weighted by Crippen LogP contribution is 2.17. The fraction of sp³-hybridized carbons (Fsp3) is 0.941. The Morgan fingerprint density at radius 3 is 2.64 bits per heavy atom. The SMILES string of the molecule is CC1CCN(CCCCNC(=O)N2CCOC(C)(C)C2)CC1. The first-order valence-electron chi connectivity index (χ1n) is 8.85.